The fraction of sp³-hybridized carbons (Fsp3) is 0.333. The van der Waals surface area contributed by atoms with Crippen molar-refractivity contribution in [3.8, 4) is 0 Å². The molecule has 0 fully saturated rings. The molecule has 1 aromatic carbocycles. The third-order valence-corrected chi connectivity index (χ3v) is 3.18. The van der Waals surface area contributed by atoms with Crippen molar-refractivity contribution in [3.05, 3.63) is 60.2 Å². The summed E-state index contributed by atoms with van der Waals surface area (Å²) >= 11 is 0. The second-order valence-corrected chi connectivity index (χ2v) is 4.99. The van der Waals surface area contributed by atoms with E-state index >= 15 is 0 Å². The van der Waals surface area contributed by atoms with Gasteiger partial charge in [0.05, 0.1) is 12.8 Å². The van der Waals surface area contributed by atoms with Crippen LogP contribution in [0.25, 0.3) is 0 Å². The third kappa shape index (κ3) is 5.79. The second kappa shape index (κ2) is 10.1. The van der Waals surface area contributed by atoms with Gasteiger partial charge in [0.15, 0.2) is 0 Å². The lowest BCUT2D eigenvalue weighted by Gasteiger charge is -2.06. The highest BCUT2D eigenvalue weighted by Crippen LogP contribution is 2.09. The number of benzene rings is 1. The first-order chi connectivity index (χ1) is 11.8. The Bertz CT molecular complexity index is 604. The Kier molecular flexibility index (Phi) is 7.40. The highest BCUT2D eigenvalue weighted by atomic mass is 16.6. The Morgan fingerprint density at radius 2 is 2.00 bits per heavy atom. The number of carbonyl (C=O) groups is 1. The SMILES string of the molecule is CCOC(=O)CCCCO/N=C(/c1ccccc1)c1cnccn1. The molecule has 0 bridgehead atoms. The zero-order valence-corrected chi connectivity index (χ0v) is 13.7. The molecule has 1 aromatic heterocycles. The van der Waals surface area contributed by atoms with E-state index in [-0.39, 0.29) is 5.97 Å². The normalized spacial score (nSPS) is 11.1. The van der Waals surface area contributed by atoms with Crippen LogP contribution in [-0.2, 0) is 14.4 Å². The summed E-state index contributed by atoms with van der Waals surface area (Å²) in [6.45, 7) is 2.64. The van der Waals surface area contributed by atoms with Gasteiger partial charge in [0, 0.05) is 24.4 Å². The molecule has 24 heavy (non-hydrogen) atoms. The summed E-state index contributed by atoms with van der Waals surface area (Å²) in [7, 11) is 0. The minimum Gasteiger partial charge on any atom is -0.466 e. The second-order valence-electron chi connectivity index (χ2n) is 4.99. The minimum atomic E-state index is -0.175. The molecule has 0 spiro atoms. The number of aromatic nitrogens is 2. The van der Waals surface area contributed by atoms with E-state index in [0.717, 1.165) is 12.0 Å². The van der Waals surface area contributed by atoms with Gasteiger partial charge in [-0.1, -0.05) is 35.5 Å². The molecule has 6 nitrogen and oxygen atoms in total. The fourth-order valence-corrected chi connectivity index (χ4v) is 2.04. The van der Waals surface area contributed by atoms with Crippen LogP contribution in [0.5, 0.6) is 0 Å². The Morgan fingerprint density at radius 1 is 1.17 bits per heavy atom. The van der Waals surface area contributed by atoms with Crippen LogP contribution in [-0.4, -0.2) is 34.9 Å². The van der Waals surface area contributed by atoms with E-state index in [0.29, 0.717) is 37.5 Å². The van der Waals surface area contributed by atoms with Crippen LogP contribution in [0, 0.1) is 0 Å². The smallest absolute Gasteiger partial charge is 0.305 e. The lowest BCUT2D eigenvalue weighted by Crippen LogP contribution is -2.08. The summed E-state index contributed by atoms with van der Waals surface area (Å²) in [5, 5.41) is 4.22. The van der Waals surface area contributed by atoms with E-state index < -0.39 is 0 Å². The third-order valence-electron chi connectivity index (χ3n) is 3.18. The number of oxime groups is 1. The first kappa shape index (κ1) is 17.6. The molecule has 0 aliphatic carbocycles. The van der Waals surface area contributed by atoms with Crippen molar-refractivity contribution in [2.75, 3.05) is 13.2 Å². The molecule has 0 amide bonds. The lowest BCUT2D eigenvalue weighted by atomic mass is 10.1. The van der Waals surface area contributed by atoms with Crippen molar-refractivity contribution >= 4 is 11.7 Å². The molecule has 0 aliphatic rings. The number of unbranched alkanes of at least 4 members (excludes halogenated alkanes) is 1. The Balaban J connectivity index is 1.91. The van der Waals surface area contributed by atoms with Crippen LogP contribution in [0.2, 0.25) is 0 Å². The average molecular weight is 327 g/mol. The van der Waals surface area contributed by atoms with Gasteiger partial charge in [0.1, 0.15) is 18.0 Å². The lowest BCUT2D eigenvalue weighted by molar-refractivity contribution is -0.143. The molecule has 2 rings (SSSR count). The van der Waals surface area contributed by atoms with Gasteiger partial charge in [0.25, 0.3) is 0 Å². The topological polar surface area (TPSA) is 73.7 Å². The number of esters is 1. The molecule has 0 saturated carbocycles. The first-order valence-electron chi connectivity index (χ1n) is 7.98. The summed E-state index contributed by atoms with van der Waals surface area (Å²) < 4.78 is 4.88. The van der Waals surface area contributed by atoms with E-state index in [2.05, 4.69) is 15.1 Å². The van der Waals surface area contributed by atoms with Crippen LogP contribution in [0.3, 0.4) is 0 Å². The summed E-state index contributed by atoms with van der Waals surface area (Å²) in [4.78, 5) is 25.0. The van der Waals surface area contributed by atoms with Crippen molar-refractivity contribution in [2.24, 2.45) is 5.16 Å². The predicted octanol–water partition coefficient (Wildman–Crippen LogP) is 2.98. The van der Waals surface area contributed by atoms with Gasteiger partial charge in [-0.2, -0.15) is 0 Å². The zero-order valence-electron chi connectivity index (χ0n) is 13.7. The Labute approximate surface area is 141 Å². The molecular weight excluding hydrogens is 306 g/mol. The molecule has 0 radical (unpaired) electrons. The van der Waals surface area contributed by atoms with Crippen molar-refractivity contribution < 1.29 is 14.4 Å². The maximum atomic E-state index is 11.2. The molecule has 1 heterocycles. The number of nitrogens with zero attached hydrogens (tertiary/aromatic N) is 3. The van der Waals surface area contributed by atoms with E-state index in [1.807, 2.05) is 30.3 Å². The number of rotatable bonds is 9. The van der Waals surface area contributed by atoms with E-state index in [1.54, 1.807) is 25.5 Å². The van der Waals surface area contributed by atoms with Crippen molar-refractivity contribution in [1.82, 2.24) is 9.97 Å². The molecule has 0 N–H and O–H groups in total. The largest absolute Gasteiger partial charge is 0.466 e. The minimum absolute atomic E-state index is 0.175. The molecule has 0 saturated heterocycles. The van der Waals surface area contributed by atoms with Crippen molar-refractivity contribution in [1.29, 1.82) is 0 Å². The van der Waals surface area contributed by atoms with Crippen molar-refractivity contribution in [2.45, 2.75) is 26.2 Å². The number of hydrogen-bond donors (Lipinski definition) is 0. The van der Waals surface area contributed by atoms with Gasteiger partial charge >= 0.3 is 5.97 Å². The summed E-state index contributed by atoms with van der Waals surface area (Å²) in [5.74, 6) is -0.175. The van der Waals surface area contributed by atoms with Gasteiger partial charge in [-0.25, -0.2) is 0 Å². The molecule has 2 aromatic rings. The monoisotopic (exact) mass is 327 g/mol. The molecule has 0 aliphatic heterocycles. The van der Waals surface area contributed by atoms with Crippen LogP contribution in [0.1, 0.15) is 37.4 Å². The predicted molar refractivity (Wildman–Crippen MR) is 90.5 cm³/mol. The van der Waals surface area contributed by atoms with Gasteiger partial charge < -0.3 is 9.57 Å². The quantitative estimate of drug-likeness (QED) is 0.306. The summed E-state index contributed by atoms with van der Waals surface area (Å²) in [6, 6.07) is 9.68. The Hall–Kier alpha value is -2.76. The van der Waals surface area contributed by atoms with Crippen LogP contribution < -0.4 is 0 Å². The van der Waals surface area contributed by atoms with Crippen LogP contribution >= 0.6 is 0 Å². The molecule has 0 unspecified atom stereocenters. The molecular formula is C18H21N3O3. The zero-order chi connectivity index (χ0) is 17.0. The maximum Gasteiger partial charge on any atom is 0.305 e. The van der Waals surface area contributed by atoms with E-state index in [1.165, 1.54) is 0 Å². The van der Waals surface area contributed by atoms with Gasteiger partial charge in [0.2, 0.25) is 0 Å². The summed E-state index contributed by atoms with van der Waals surface area (Å²) in [5.41, 5.74) is 2.19. The highest BCUT2D eigenvalue weighted by molar-refractivity contribution is 6.11. The fourth-order valence-electron chi connectivity index (χ4n) is 2.04. The molecule has 126 valence electrons. The standard InChI is InChI=1S/C18H21N3O3/c1-2-23-17(22)10-6-7-13-24-21-18(15-8-4-3-5-9-15)16-14-19-11-12-20-16/h3-5,8-9,11-12,14H,2,6-7,10,13H2,1H3/b21-18-. The van der Waals surface area contributed by atoms with Crippen LogP contribution in [0.15, 0.2) is 54.1 Å². The first-order valence-corrected chi connectivity index (χ1v) is 7.98. The molecule has 6 heteroatoms. The van der Waals surface area contributed by atoms with Crippen LogP contribution in [0.4, 0.5) is 0 Å². The van der Waals surface area contributed by atoms with Crippen molar-refractivity contribution in [3.63, 3.8) is 0 Å². The highest BCUT2D eigenvalue weighted by Gasteiger charge is 2.09. The van der Waals surface area contributed by atoms with E-state index in [9.17, 15) is 4.79 Å². The van der Waals surface area contributed by atoms with Gasteiger partial charge in [-0.15, -0.1) is 0 Å². The number of carbonyl (C=O) groups excluding carboxylic acids is 1. The maximum absolute atomic E-state index is 11.2. The number of ether oxygens (including phenoxy) is 1. The number of hydrogen-bond acceptors (Lipinski definition) is 6. The Morgan fingerprint density at radius 3 is 2.71 bits per heavy atom. The summed E-state index contributed by atoms with van der Waals surface area (Å²) in [6.07, 6.45) is 6.72. The van der Waals surface area contributed by atoms with Gasteiger partial charge in [-0.3, -0.25) is 14.8 Å². The average Bonchev–Trinajstić information content (AvgIpc) is 2.63. The molecule has 0 atom stereocenters. The van der Waals surface area contributed by atoms with E-state index in [4.69, 9.17) is 9.57 Å². The van der Waals surface area contributed by atoms with Gasteiger partial charge in [-0.05, 0) is 19.8 Å².